The Morgan fingerprint density at radius 1 is 1.27 bits per heavy atom. The molecule has 0 fully saturated rings. The molecule has 0 aliphatic rings. The van der Waals surface area contributed by atoms with Crippen LogP contribution < -0.4 is 0 Å². The van der Waals surface area contributed by atoms with Gasteiger partial charge in [-0.2, -0.15) is 0 Å². The summed E-state index contributed by atoms with van der Waals surface area (Å²) in [6.07, 6.45) is 3.76. The lowest BCUT2D eigenvalue weighted by Gasteiger charge is -2.37. The van der Waals surface area contributed by atoms with Crippen molar-refractivity contribution in [1.82, 2.24) is 4.90 Å². The molecule has 0 bridgehead atoms. The minimum absolute atomic E-state index is 0.348. The topological polar surface area (TPSA) is 12.5 Å². The lowest BCUT2D eigenvalue weighted by atomic mass is 9.77. The first-order valence-corrected chi connectivity index (χ1v) is 6.09. The SMILES string of the molecule is CCCC(COC)(CC(C)C)CN(C)C. The summed E-state index contributed by atoms with van der Waals surface area (Å²) in [6.45, 7) is 8.88. The van der Waals surface area contributed by atoms with Gasteiger partial charge in [0.2, 0.25) is 0 Å². The number of rotatable bonds is 8. The molecule has 0 aromatic rings. The van der Waals surface area contributed by atoms with Crippen LogP contribution in [0.1, 0.15) is 40.0 Å². The third-order valence-electron chi connectivity index (χ3n) is 2.72. The summed E-state index contributed by atoms with van der Waals surface area (Å²) in [7, 11) is 6.13. The maximum Gasteiger partial charge on any atom is 0.0531 e. The molecule has 0 aromatic carbocycles. The minimum atomic E-state index is 0.348. The van der Waals surface area contributed by atoms with Crippen molar-refractivity contribution in [3.8, 4) is 0 Å². The van der Waals surface area contributed by atoms with Crippen molar-refractivity contribution in [1.29, 1.82) is 0 Å². The molecular formula is C13H29NO. The van der Waals surface area contributed by atoms with E-state index in [1.807, 2.05) is 7.11 Å². The fourth-order valence-electron chi connectivity index (χ4n) is 2.80. The Labute approximate surface area is 96.0 Å². The van der Waals surface area contributed by atoms with E-state index in [-0.39, 0.29) is 0 Å². The van der Waals surface area contributed by atoms with Gasteiger partial charge in [-0.3, -0.25) is 0 Å². The monoisotopic (exact) mass is 215 g/mol. The van der Waals surface area contributed by atoms with E-state index in [9.17, 15) is 0 Å². The highest BCUT2D eigenvalue weighted by atomic mass is 16.5. The van der Waals surface area contributed by atoms with Crippen LogP contribution in [0.3, 0.4) is 0 Å². The smallest absolute Gasteiger partial charge is 0.0531 e. The molecule has 0 aliphatic carbocycles. The van der Waals surface area contributed by atoms with E-state index in [0.717, 1.165) is 19.1 Å². The second-order valence-corrected chi connectivity index (χ2v) is 5.52. The van der Waals surface area contributed by atoms with Crippen LogP contribution in [-0.4, -0.2) is 39.3 Å². The zero-order valence-electron chi connectivity index (χ0n) is 11.5. The van der Waals surface area contributed by atoms with Gasteiger partial charge in [0.1, 0.15) is 0 Å². The van der Waals surface area contributed by atoms with Gasteiger partial charge in [-0.1, -0.05) is 27.2 Å². The van der Waals surface area contributed by atoms with Crippen molar-refractivity contribution in [3.05, 3.63) is 0 Å². The van der Waals surface area contributed by atoms with Crippen LogP contribution in [0.25, 0.3) is 0 Å². The molecule has 1 unspecified atom stereocenters. The van der Waals surface area contributed by atoms with Gasteiger partial charge in [0.25, 0.3) is 0 Å². The summed E-state index contributed by atoms with van der Waals surface area (Å²) in [5, 5.41) is 0. The molecule has 2 heteroatoms. The van der Waals surface area contributed by atoms with Crippen molar-refractivity contribution in [2.24, 2.45) is 11.3 Å². The van der Waals surface area contributed by atoms with Crippen LogP contribution in [0.2, 0.25) is 0 Å². The Morgan fingerprint density at radius 2 is 1.87 bits per heavy atom. The van der Waals surface area contributed by atoms with Crippen molar-refractivity contribution in [2.45, 2.75) is 40.0 Å². The normalized spacial score (nSPS) is 16.0. The Bertz CT molecular complexity index is 137. The minimum Gasteiger partial charge on any atom is -0.384 e. The molecule has 0 amide bonds. The third-order valence-corrected chi connectivity index (χ3v) is 2.72. The van der Waals surface area contributed by atoms with Gasteiger partial charge >= 0.3 is 0 Å². The first-order chi connectivity index (χ1) is 6.95. The quantitative estimate of drug-likeness (QED) is 0.617. The Kier molecular flexibility index (Phi) is 7.20. The summed E-state index contributed by atoms with van der Waals surface area (Å²) in [6, 6.07) is 0. The average Bonchev–Trinajstić information content (AvgIpc) is 2.01. The molecule has 0 saturated carbocycles. The molecule has 92 valence electrons. The van der Waals surface area contributed by atoms with Gasteiger partial charge in [-0.15, -0.1) is 0 Å². The molecule has 2 nitrogen and oxygen atoms in total. The van der Waals surface area contributed by atoms with Gasteiger partial charge in [0.15, 0.2) is 0 Å². The number of hydrogen-bond acceptors (Lipinski definition) is 2. The fraction of sp³-hybridized carbons (Fsp3) is 1.00. The van der Waals surface area contributed by atoms with Crippen molar-refractivity contribution in [3.63, 3.8) is 0 Å². The molecular weight excluding hydrogens is 186 g/mol. The zero-order chi connectivity index (χ0) is 11.9. The average molecular weight is 215 g/mol. The molecule has 0 N–H and O–H groups in total. The number of hydrogen-bond donors (Lipinski definition) is 0. The van der Waals surface area contributed by atoms with Crippen molar-refractivity contribution >= 4 is 0 Å². The zero-order valence-corrected chi connectivity index (χ0v) is 11.5. The van der Waals surface area contributed by atoms with Crippen LogP contribution in [0.15, 0.2) is 0 Å². The highest BCUT2D eigenvalue weighted by Gasteiger charge is 2.30. The lowest BCUT2D eigenvalue weighted by Crippen LogP contribution is -2.38. The first-order valence-electron chi connectivity index (χ1n) is 6.09. The number of ether oxygens (including phenoxy) is 1. The van der Waals surface area contributed by atoms with Crippen LogP contribution in [-0.2, 0) is 4.74 Å². The van der Waals surface area contributed by atoms with Gasteiger partial charge in [0.05, 0.1) is 6.61 Å². The second-order valence-electron chi connectivity index (χ2n) is 5.52. The Balaban J connectivity index is 4.55. The molecule has 0 aliphatic heterocycles. The molecule has 0 rings (SSSR count). The van der Waals surface area contributed by atoms with Gasteiger partial charge in [-0.05, 0) is 32.9 Å². The standard InChI is InChI=1S/C13H29NO/c1-7-8-13(11-15-6,9-12(2)3)10-14(4)5/h12H,7-11H2,1-6H3. The van der Waals surface area contributed by atoms with Gasteiger partial charge in [-0.25, -0.2) is 0 Å². The van der Waals surface area contributed by atoms with E-state index in [2.05, 4.69) is 39.8 Å². The predicted molar refractivity (Wildman–Crippen MR) is 67.2 cm³/mol. The fourth-order valence-corrected chi connectivity index (χ4v) is 2.80. The summed E-state index contributed by atoms with van der Waals surface area (Å²) >= 11 is 0. The van der Waals surface area contributed by atoms with Crippen LogP contribution in [0, 0.1) is 11.3 Å². The van der Waals surface area contributed by atoms with Crippen molar-refractivity contribution in [2.75, 3.05) is 34.4 Å². The van der Waals surface area contributed by atoms with Crippen molar-refractivity contribution < 1.29 is 4.74 Å². The molecule has 0 aromatic heterocycles. The Hall–Kier alpha value is -0.0800. The van der Waals surface area contributed by atoms with Crippen LogP contribution in [0.5, 0.6) is 0 Å². The molecule has 0 heterocycles. The molecule has 15 heavy (non-hydrogen) atoms. The summed E-state index contributed by atoms with van der Waals surface area (Å²) in [4.78, 5) is 2.29. The van der Waals surface area contributed by atoms with E-state index in [1.165, 1.54) is 19.3 Å². The maximum absolute atomic E-state index is 5.44. The van der Waals surface area contributed by atoms with E-state index in [1.54, 1.807) is 0 Å². The molecule has 0 spiro atoms. The number of nitrogens with zero attached hydrogens (tertiary/aromatic N) is 1. The molecule has 0 radical (unpaired) electrons. The Morgan fingerprint density at radius 3 is 2.20 bits per heavy atom. The van der Waals surface area contributed by atoms with E-state index in [4.69, 9.17) is 4.74 Å². The summed E-state index contributed by atoms with van der Waals surface area (Å²) in [5.41, 5.74) is 0.348. The molecule has 1 atom stereocenters. The predicted octanol–water partition coefficient (Wildman–Crippen LogP) is 3.03. The van der Waals surface area contributed by atoms with E-state index >= 15 is 0 Å². The largest absolute Gasteiger partial charge is 0.384 e. The van der Waals surface area contributed by atoms with E-state index < -0.39 is 0 Å². The summed E-state index contributed by atoms with van der Waals surface area (Å²) < 4.78 is 5.44. The summed E-state index contributed by atoms with van der Waals surface area (Å²) in [5.74, 6) is 0.742. The third kappa shape index (κ3) is 6.16. The van der Waals surface area contributed by atoms with Crippen LogP contribution >= 0.6 is 0 Å². The highest BCUT2D eigenvalue weighted by molar-refractivity contribution is 4.82. The molecule has 0 saturated heterocycles. The maximum atomic E-state index is 5.44. The second kappa shape index (κ2) is 7.24. The van der Waals surface area contributed by atoms with Gasteiger partial charge < -0.3 is 9.64 Å². The van der Waals surface area contributed by atoms with E-state index in [0.29, 0.717) is 5.41 Å². The van der Waals surface area contributed by atoms with Crippen LogP contribution in [0.4, 0.5) is 0 Å². The number of methoxy groups -OCH3 is 1. The van der Waals surface area contributed by atoms with Gasteiger partial charge in [0, 0.05) is 19.1 Å². The lowest BCUT2D eigenvalue weighted by molar-refractivity contribution is 0.0339. The highest BCUT2D eigenvalue weighted by Crippen LogP contribution is 2.32. The first kappa shape index (κ1) is 14.9.